The van der Waals surface area contributed by atoms with Crippen molar-refractivity contribution in [3.63, 3.8) is 0 Å². The van der Waals surface area contributed by atoms with Crippen LogP contribution in [-0.2, 0) is 6.54 Å². The van der Waals surface area contributed by atoms with Gasteiger partial charge in [0, 0.05) is 25.7 Å². The van der Waals surface area contributed by atoms with Crippen LogP contribution in [0.5, 0.6) is 0 Å². The van der Waals surface area contributed by atoms with Crippen LogP contribution in [0, 0.1) is 16.1 Å². The maximum atomic E-state index is 12.3. The van der Waals surface area contributed by atoms with Crippen LogP contribution in [0.2, 0.25) is 0 Å². The van der Waals surface area contributed by atoms with E-state index in [4.69, 9.17) is 17.5 Å². The Bertz CT molecular complexity index is 876. The zero-order valence-electron chi connectivity index (χ0n) is 12.4. The normalized spacial score (nSPS) is 10.4. The number of fused-ring (bicyclic) bond motifs is 1. The molecule has 114 valence electrons. The monoisotopic (exact) mass is 316 g/mol. The van der Waals surface area contributed by atoms with Crippen molar-refractivity contribution in [3.05, 3.63) is 38.9 Å². The van der Waals surface area contributed by atoms with E-state index in [9.17, 15) is 9.59 Å². The molecule has 0 fully saturated rings. The number of aromatic nitrogens is 2. The number of hydrogen-bond acceptors (Lipinski definition) is 4. The van der Waals surface area contributed by atoms with Crippen molar-refractivity contribution in [2.24, 2.45) is 0 Å². The van der Waals surface area contributed by atoms with E-state index < -0.39 is 0 Å². The molecule has 0 aliphatic heterocycles. The second kappa shape index (κ2) is 6.54. The maximum absolute atomic E-state index is 12.3. The van der Waals surface area contributed by atoms with Gasteiger partial charge in [-0.3, -0.25) is 14.2 Å². The summed E-state index contributed by atoms with van der Waals surface area (Å²) < 4.78 is 1.81. The van der Waals surface area contributed by atoms with Crippen molar-refractivity contribution in [1.29, 1.82) is 5.26 Å². The number of amides is 1. The molecule has 0 bridgehead atoms. The third-order valence-corrected chi connectivity index (χ3v) is 3.77. The number of H-pyrrole nitrogens is 1. The molecule has 0 radical (unpaired) electrons. The van der Waals surface area contributed by atoms with E-state index in [-0.39, 0.29) is 17.9 Å². The number of nitrogens with zero attached hydrogens (tertiary/aromatic N) is 3. The van der Waals surface area contributed by atoms with Crippen LogP contribution >= 0.6 is 12.2 Å². The highest BCUT2D eigenvalue weighted by atomic mass is 32.1. The van der Waals surface area contributed by atoms with Gasteiger partial charge in [0.25, 0.3) is 11.5 Å². The van der Waals surface area contributed by atoms with Crippen LogP contribution in [-0.4, -0.2) is 34.0 Å². The van der Waals surface area contributed by atoms with Crippen LogP contribution < -0.4 is 5.56 Å². The lowest BCUT2D eigenvalue weighted by molar-refractivity contribution is 0.0798. The Balaban J connectivity index is 2.48. The number of benzene rings is 1. The SMILES string of the molecule is CCn1c(=S)[nH]c2cc(C(=O)N(C)CCC#N)ccc2c1=O. The molecule has 1 heterocycles. The molecular weight excluding hydrogens is 300 g/mol. The number of hydrogen-bond donors (Lipinski definition) is 1. The predicted octanol–water partition coefficient (Wildman–Crippen LogP) is 2.06. The van der Waals surface area contributed by atoms with Crippen LogP contribution in [0.1, 0.15) is 23.7 Å². The van der Waals surface area contributed by atoms with E-state index in [1.165, 1.54) is 9.47 Å². The summed E-state index contributed by atoms with van der Waals surface area (Å²) in [7, 11) is 1.64. The van der Waals surface area contributed by atoms with Crippen molar-refractivity contribution in [3.8, 4) is 6.07 Å². The van der Waals surface area contributed by atoms with E-state index in [0.717, 1.165) is 0 Å². The van der Waals surface area contributed by atoms with Gasteiger partial charge in [-0.25, -0.2) is 0 Å². The van der Waals surface area contributed by atoms with Gasteiger partial charge >= 0.3 is 0 Å². The fourth-order valence-corrected chi connectivity index (χ4v) is 2.54. The van der Waals surface area contributed by atoms with Crippen LogP contribution in [0.3, 0.4) is 0 Å². The van der Waals surface area contributed by atoms with Gasteiger partial charge in [0.2, 0.25) is 0 Å². The fraction of sp³-hybridized carbons (Fsp3) is 0.333. The Morgan fingerprint density at radius 1 is 1.50 bits per heavy atom. The molecule has 0 aliphatic carbocycles. The van der Waals surface area contributed by atoms with Gasteiger partial charge in [-0.05, 0) is 37.3 Å². The van der Waals surface area contributed by atoms with Gasteiger partial charge in [0.1, 0.15) is 0 Å². The minimum Gasteiger partial charge on any atom is -0.341 e. The Kier molecular flexibility index (Phi) is 4.73. The Hall–Kier alpha value is -2.46. The molecule has 2 rings (SSSR count). The first-order chi connectivity index (χ1) is 10.5. The van der Waals surface area contributed by atoms with E-state index in [1.54, 1.807) is 25.2 Å². The first-order valence-corrected chi connectivity index (χ1v) is 7.29. The Labute approximate surface area is 132 Å². The maximum Gasteiger partial charge on any atom is 0.262 e. The lowest BCUT2D eigenvalue weighted by Crippen LogP contribution is -2.27. The lowest BCUT2D eigenvalue weighted by atomic mass is 10.1. The molecule has 7 heteroatoms. The van der Waals surface area contributed by atoms with Gasteiger partial charge in [-0.2, -0.15) is 5.26 Å². The molecule has 1 aromatic carbocycles. The molecule has 0 saturated heterocycles. The Morgan fingerprint density at radius 3 is 2.86 bits per heavy atom. The molecule has 1 aromatic heterocycles. The molecule has 1 N–H and O–H groups in total. The number of nitriles is 1. The second-order valence-electron chi connectivity index (χ2n) is 4.87. The molecule has 1 amide bonds. The summed E-state index contributed by atoms with van der Waals surface area (Å²) in [6.07, 6.45) is 0.277. The van der Waals surface area contributed by atoms with Gasteiger partial charge in [0.15, 0.2) is 4.77 Å². The number of nitrogens with one attached hydrogen (secondary N) is 1. The van der Waals surface area contributed by atoms with E-state index >= 15 is 0 Å². The van der Waals surface area contributed by atoms with Crippen molar-refractivity contribution < 1.29 is 4.79 Å². The molecular formula is C15H16N4O2S. The molecule has 2 aromatic rings. The summed E-state index contributed by atoms with van der Waals surface area (Å²) in [6, 6.07) is 6.87. The second-order valence-corrected chi connectivity index (χ2v) is 5.26. The van der Waals surface area contributed by atoms with Crippen LogP contribution in [0.15, 0.2) is 23.0 Å². The summed E-state index contributed by atoms with van der Waals surface area (Å²) in [4.78, 5) is 29.0. The van der Waals surface area contributed by atoms with Gasteiger partial charge < -0.3 is 9.88 Å². The molecule has 6 nitrogen and oxygen atoms in total. The van der Waals surface area contributed by atoms with Gasteiger partial charge in [-0.1, -0.05) is 0 Å². The molecule has 0 spiro atoms. The summed E-state index contributed by atoms with van der Waals surface area (Å²) in [6.45, 7) is 2.70. The third kappa shape index (κ3) is 2.92. The van der Waals surface area contributed by atoms with Crippen molar-refractivity contribution >= 4 is 29.0 Å². The minimum absolute atomic E-state index is 0.168. The average Bonchev–Trinajstić information content (AvgIpc) is 2.51. The summed E-state index contributed by atoms with van der Waals surface area (Å²) >= 11 is 5.16. The topological polar surface area (TPSA) is 81.9 Å². The highest BCUT2D eigenvalue weighted by molar-refractivity contribution is 7.71. The lowest BCUT2D eigenvalue weighted by Gasteiger charge is -2.15. The predicted molar refractivity (Wildman–Crippen MR) is 86.3 cm³/mol. The first kappa shape index (κ1) is 15.9. The molecule has 0 aliphatic rings. The minimum atomic E-state index is -0.198. The zero-order valence-corrected chi connectivity index (χ0v) is 13.2. The van der Waals surface area contributed by atoms with Crippen LogP contribution in [0.25, 0.3) is 10.9 Å². The Morgan fingerprint density at radius 2 is 2.23 bits per heavy atom. The van der Waals surface area contributed by atoms with Crippen molar-refractivity contribution in [2.75, 3.05) is 13.6 Å². The zero-order chi connectivity index (χ0) is 16.3. The summed E-state index contributed by atoms with van der Waals surface area (Å²) in [5.41, 5.74) is 0.824. The molecule has 22 heavy (non-hydrogen) atoms. The number of rotatable bonds is 4. The molecule has 0 saturated carbocycles. The van der Waals surface area contributed by atoms with Crippen molar-refractivity contribution in [2.45, 2.75) is 19.9 Å². The van der Waals surface area contributed by atoms with E-state index in [0.29, 0.717) is 34.3 Å². The van der Waals surface area contributed by atoms with E-state index in [2.05, 4.69) is 4.98 Å². The highest BCUT2D eigenvalue weighted by Gasteiger charge is 2.13. The highest BCUT2D eigenvalue weighted by Crippen LogP contribution is 2.12. The number of carbonyl (C=O) groups is 1. The quantitative estimate of drug-likeness (QED) is 0.875. The van der Waals surface area contributed by atoms with Gasteiger partial charge in [0.05, 0.1) is 23.4 Å². The number of carbonyl (C=O) groups excluding carboxylic acids is 1. The largest absolute Gasteiger partial charge is 0.341 e. The third-order valence-electron chi connectivity index (χ3n) is 3.45. The van der Waals surface area contributed by atoms with E-state index in [1.807, 2.05) is 13.0 Å². The van der Waals surface area contributed by atoms with Crippen molar-refractivity contribution in [1.82, 2.24) is 14.5 Å². The fourth-order valence-electron chi connectivity index (χ4n) is 2.21. The molecule has 0 unspecified atom stereocenters. The first-order valence-electron chi connectivity index (χ1n) is 6.89. The average molecular weight is 316 g/mol. The van der Waals surface area contributed by atoms with Crippen LogP contribution in [0.4, 0.5) is 0 Å². The molecule has 0 atom stereocenters. The standard InChI is InChI=1S/C15H16N4O2S/c1-3-19-14(21)11-6-5-10(9-12(11)17-15(19)22)13(20)18(2)8-4-7-16/h5-6,9H,3-4,8H2,1-2H3,(H,17,22). The number of aromatic amines is 1. The summed E-state index contributed by atoms with van der Waals surface area (Å²) in [5, 5.41) is 9.07. The summed E-state index contributed by atoms with van der Waals surface area (Å²) in [5.74, 6) is -0.198. The van der Waals surface area contributed by atoms with Gasteiger partial charge in [-0.15, -0.1) is 0 Å². The smallest absolute Gasteiger partial charge is 0.262 e.